The van der Waals surface area contributed by atoms with Crippen LogP contribution in [0.5, 0.6) is 0 Å². The van der Waals surface area contributed by atoms with Crippen LogP contribution in [0.3, 0.4) is 0 Å². The lowest BCUT2D eigenvalue weighted by Gasteiger charge is -2.41. The Morgan fingerprint density at radius 2 is 0.902 bits per heavy atom. The first-order chi connectivity index (χ1) is 44.6. The van der Waals surface area contributed by atoms with E-state index in [1.54, 1.807) is 0 Å². The molecule has 0 spiro atoms. The van der Waals surface area contributed by atoms with Crippen molar-refractivity contribution in [1.82, 2.24) is 9.13 Å². The number of hydrogen-bond donors (Lipinski definition) is 0. The minimum Gasteiger partial charge on any atom is -0.311 e. The molecular formula is C88H66BN3. The number of rotatable bonds is 4. The molecule has 2 aliphatic heterocycles. The van der Waals surface area contributed by atoms with Gasteiger partial charge in [0.05, 0.1) is 22.2 Å². The number of hydrogen-bond acceptors (Lipinski definition) is 1. The molecule has 4 heteroatoms. The van der Waals surface area contributed by atoms with Gasteiger partial charge in [-0.25, -0.2) is 0 Å². The third kappa shape index (κ3) is 6.52. The van der Waals surface area contributed by atoms with Gasteiger partial charge in [-0.2, -0.15) is 0 Å². The highest BCUT2D eigenvalue weighted by atomic mass is 15.2. The summed E-state index contributed by atoms with van der Waals surface area (Å²) in [7, 11) is 0. The molecule has 92 heavy (non-hydrogen) atoms. The van der Waals surface area contributed by atoms with Gasteiger partial charge in [-0.1, -0.05) is 203 Å². The quantitative estimate of drug-likeness (QED) is 0.160. The lowest BCUT2D eigenvalue weighted by Crippen LogP contribution is -2.60. The van der Waals surface area contributed by atoms with Crippen LogP contribution in [0.1, 0.15) is 83.3 Å². The predicted molar refractivity (Wildman–Crippen MR) is 391 cm³/mol. The molecule has 0 amide bonds. The zero-order chi connectivity index (χ0) is 61.9. The smallest absolute Gasteiger partial charge is 0.252 e. The topological polar surface area (TPSA) is 13.1 Å². The Morgan fingerprint density at radius 1 is 0.337 bits per heavy atom. The van der Waals surface area contributed by atoms with Gasteiger partial charge in [-0.3, -0.25) is 0 Å². The summed E-state index contributed by atoms with van der Waals surface area (Å²) >= 11 is 0. The number of benzene rings is 13. The molecule has 0 radical (unpaired) electrons. The summed E-state index contributed by atoms with van der Waals surface area (Å²) in [6.45, 7) is 23.3. The molecule has 0 saturated carbocycles. The Bertz CT molecular complexity index is 5930. The number of anilines is 3. The second-order valence-corrected chi connectivity index (χ2v) is 28.7. The van der Waals surface area contributed by atoms with Crippen LogP contribution in [0, 0.1) is 41.5 Å². The van der Waals surface area contributed by atoms with E-state index in [4.69, 9.17) is 0 Å². The maximum atomic E-state index is 2.74. The molecule has 15 aromatic rings. The van der Waals surface area contributed by atoms with Crippen LogP contribution >= 0.6 is 0 Å². The average Bonchev–Trinajstić information content (AvgIpc) is 1.44. The Hall–Kier alpha value is -10.4. The molecule has 0 fully saturated rings. The van der Waals surface area contributed by atoms with E-state index in [0.717, 1.165) is 11.4 Å². The maximum Gasteiger partial charge on any atom is 0.252 e. The van der Waals surface area contributed by atoms with Crippen molar-refractivity contribution in [3.63, 3.8) is 0 Å². The van der Waals surface area contributed by atoms with Crippen LogP contribution < -0.4 is 21.3 Å². The molecule has 5 aliphatic rings. The minimum absolute atomic E-state index is 0.138. The number of nitrogens with zero attached hydrogens (tertiary/aromatic N) is 3. The molecule has 0 saturated heterocycles. The molecular weight excluding hydrogens is 1110 g/mol. The molecule has 4 heterocycles. The lowest BCUT2D eigenvalue weighted by atomic mass is 9.33. The van der Waals surface area contributed by atoms with Gasteiger partial charge in [-0.05, 0) is 235 Å². The Kier molecular flexibility index (Phi) is 10.1. The zero-order valence-corrected chi connectivity index (χ0v) is 53.7. The second-order valence-electron chi connectivity index (χ2n) is 28.7. The summed E-state index contributed by atoms with van der Waals surface area (Å²) in [6.07, 6.45) is 0. The van der Waals surface area contributed by atoms with Gasteiger partial charge in [-0.15, -0.1) is 0 Å². The maximum absolute atomic E-state index is 2.74. The fourth-order valence-electron chi connectivity index (χ4n) is 19.3. The van der Waals surface area contributed by atoms with Gasteiger partial charge in [0.2, 0.25) is 0 Å². The normalized spacial score (nSPS) is 14.5. The third-order valence-electron chi connectivity index (χ3n) is 22.7. The Balaban J connectivity index is 0.974. The first-order valence-corrected chi connectivity index (χ1v) is 33.0. The zero-order valence-electron chi connectivity index (χ0n) is 53.7. The molecule has 20 rings (SSSR count). The van der Waals surface area contributed by atoms with E-state index in [1.807, 2.05) is 0 Å². The highest BCUT2D eigenvalue weighted by Crippen LogP contribution is 2.57. The molecule has 3 aliphatic carbocycles. The summed E-state index contributed by atoms with van der Waals surface area (Å²) < 4.78 is 5.38. The van der Waals surface area contributed by atoms with Gasteiger partial charge in [0, 0.05) is 60.6 Å². The van der Waals surface area contributed by atoms with Crippen LogP contribution in [0.4, 0.5) is 17.1 Å². The van der Waals surface area contributed by atoms with Crippen LogP contribution in [0.25, 0.3) is 133 Å². The molecule has 0 N–H and O–H groups in total. The Labute approximate surface area is 537 Å². The van der Waals surface area contributed by atoms with E-state index in [2.05, 4.69) is 302 Å². The highest BCUT2D eigenvalue weighted by Gasteiger charge is 2.47. The minimum atomic E-state index is -0.287. The number of aryl methyl sites for hydroxylation is 6. The van der Waals surface area contributed by atoms with Crippen molar-refractivity contribution in [2.24, 2.45) is 0 Å². The summed E-state index contributed by atoms with van der Waals surface area (Å²) in [5.74, 6) is 0. The fraction of sp³-hybridized carbons (Fsp3) is 0.136. The van der Waals surface area contributed by atoms with Gasteiger partial charge in [0.15, 0.2) is 0 Å². The van der Waals surface area contributed by atoms with Crippen LogP contribution in [0.15, 0.2) is 218 Å². The summed E-state index contributed by atoms with van der Waals surface area (Å²) in [6, 6.07) is 85.9. The van der Waals surface area contributed by atoms with Gasteiger partial charge >= 0.3 is 0 Å². The fourth-order valence-corrected chi connectivity index (χ4v) is 19.3. The molecule has 0 unspecified atom stereocenters. The monoisotopic (exact) mass is 1180 g/mol. The van der Waals surface area contributed by atoms with Crippen molar-refractivity contribution in [2.45, 2.75) is 80.1 Å². The van der Waals surface area contributed by atoms with Crippen molar-refractivity contribution >= 4 is 94.5 Å². The molecule has 436 valence electrons. The van der Waals surface area contributed by atoms with Crippen molar-refractivity contribution in [3.05, 3.63) is 274 Å². The third-order valence-corrected chi connectivity index (χ3v) is 22.7. The highest BCUT2D eigenvalue weighted by molar-refractivity contribution is 7.00. The van der Waals surface area contributed by atoms with E-state index < -0.39 is 0 Å². The molecule has 3 nitrogen and oxygen atoms in total. The lowest BCUT2D eigenvalue weighted by molar-refractivity contribution is 0.660. The van der Waals surface area contributed by atoms with E-state index in [1.165, 1.54) is 210 Å². The number of aromatic nitrogens is 2. The van der Waals surface area contributed by atoms with Crippen molar-refractivity contribution in [3.8, 4) is 78.1 Å². The first-order valence-electron chi connectivity index (χ1n) is 33.0. The van der Waals surface area contributed by atoms with E-state index in [-0.39, 0.29) is 17.5 Å². The van der Waals surface area contributed by atoms with Crippen LogP contribution in [0.2, 0.25) is 0 Å². The van der Waals surface area contributed by atoms with Crippen molar-refractivity contribution in [1.29, 1.82) is 0 Å². The van der Waals surface area contributed by atoms with Gasteiger partial charge < -0.3 is 14.0 Å². The predicted octanol–water partition coefficient (Wildman–Crippen LogP) is 21.1. The Morgan fingerprint density at radius 3 is 1.61 bits per heavy atom. The van der Waals surface area contributed by atoms with E-state index in [9.17, 15) is 0 Å². The van der Waals surface area contributed by atoms with Gasteiger partial charge in [0.25, 0.3) is 6.71 Å². The van der Waals surface area contributed by atoms with E-state index >= 15 is 0 Å². The summed E-state index contributed by atoms with van der Waals surface area (Å²) in [5.41, 5.74) is 43.3. The number of fused-ring (bicyclic) bond motifs is 17. The molecule has 0 atom stereocenters. The van der Waals surface area contributed by atoms with Gasteiger partial charge in [0.1, 0.15) is 0 Å². The molecule has 13 aromatic carbocycles. The molecule has 0 bridgehead atoms. The van der Waals surface area contributed by atoms with Crippen LogP contribution in [-0.2, 0) is 10.8 Å². The standard InChI is InChI=1S/C88H66BN3/c1-47-37-49(3)78(50(4)38-47)54-30-34-72-66(41-54)82-84-65(61-23-14-16-27-68(61)88(84,9)10)46-71-86(82)92(72)77-45-57(91-74-28-18-25-64-59-21-12-11-20-58(59)63-24-17-19-53-29-36-75(91)83(80(53)63)81(64)74)44-76-85(77)89(71)70-42-55(79-51(5)39-48(2)40-52(79)6)31-35-73(70)90(76)56-32-33-62-60-22-13-15-26-67(60)87(7,8)69(62)43-56/h11-46H,1-10H3. The summed E-state index contributed by atoms with van der Waals surface area (Å²) in [4.78, 5) is 2.68. The van der Waals surface area contributed by atoms with Crippen molar-refractivity contribution in [2.75, 3.05) is 4.90 Å². The SMILES string of the molecule is Cc1cc(C)c(-c2ccc3c(c2)B2c4c(cc(-n5c6cccc7c6c6c8c(cccc8ccc65)-c5ccccc5-7)cc4-n4c5ccc(-c6c(C)cc(C)cc6C)cc5c5c6c(cc2c54)-c2ccccc2C6(C)C)N3c2ccc3c(c2)C(C)(C)c2ccccc2-3)c(C)c1. The first kappa shape index (κ1) is 52.4. The van der Waals surface area contributed by atoms with E-state index in [0.29, 0.717) is 0 Å². The molecule has 2 aromatic heterocycles. The average molecular weight is 1180 g/mol. The van der Waals surface area contributed by atoms with Crippen LogP contribution in [-0.4, -0.2) is 15.8 Å². The second kappa shape index (κ2) is 17.7. The van der Waals surface area contributed by atoms with Crippen molar-refractivity contribution < 1.29 is 0 Å². The summed E-state index contributed by atoms with van der Waals surface area (Å²) in [5, 5.41) is 7.85. The largest absolute Gasteiger partial charge is 0.311 e.